The Morgan fingerprint density at radius 3 is 2.32 bits per heavy atom. The fraction of sp³-hybridized carbons (Fsp3) is 0.286. The Morgan fingerprint density at radius 1 is 1.00 bits per heavy atom. The van der Waals surface area contributed by atoms with Crippen molar-refractivity contribution >= 4 is 10.0 Å². The predicted octanol–water partition coefficient (Wildman–Crippen LogP) is 4.27. The van der Waals surface area contributed by atoms with Crippen LogP contribution >= 0.6 is 0 Å². The van der Waals surface area contributed by atoms with Gasteiger partial charge in [-0.25, -0.2) is 4.39 Å². The van der Waals surface area contributed by atoms with Crippen LogP contribution < -0.4 is 4.83 Å². The zero-order chi connectivity index (χ0) is 22.5. The third-order valence-corrected chi connectivity index (χ3v) is 5.94. The molecule has 0 saturated carbocycles. The van der Waals surface area contributed by atoms with Gasteiger partial charge in [0, 0.05) is 18.6 Å². The van der Waals surface area contributed by atoms with Crippen LogP contribution in [-0.4, -0.2) is 30.0 Å². The van der Waals surface area contributed by atoms with E-state index in [0.717, 1.165) is 23.0 Å². The zero-order valence-corrected chi connectivity index (χ0v) is 17.3. The van der Waals surface area contributed by atoms with E-state index in [0.29, 0.717) is 18.4 Å². The lowest BCUT2D eigenvalue weighted by Gasteiger charge is -2.13. The Balaban J connectivity index is 1.97. The van der Waals surface area contributed by atoms with Gasteiger partial charge in [0.25, 0.3) is 15.9 Å². The maximum Gasteiger partial charge on any atom is 0.291 e. The molecular weight excluding hydrogens is 431 g/mol. The number of nitrogens with zero attached hydrogens (tertiary/aromatic N) is 2. The third-order valence-electron chi connectivity index (χ3n) is 4.63. The van der Waals surface area contributed by atoms with Crippen molar-refractivity contribution in [2.75, 3.05) is 11.4 Å². The summed E-state index contributed by atoms with van der Waals surface area (Å²) < 4.78 is 68.2. The molecule has 0 unspecified atom stereocenters. The number of sulfonamides is 1. The minimum absolute atomic E-state index is 0.0459. The van der Waals surface area contributed by atoms with Gasteiger partial charge in [-0.15, -0.1) is 5.10 Å². The predicted molar refractivity (Wildman–Crippen MR) is 110 cm³/mol. The molecule has 0 aliphatic heterocycles. The van der Waals surface area contributed by atoms with E-state index in [1.54, 1.807) is 6.07 Å². The van der Waals surface area contributed by atoms with Gasteiger partial charge in [0.2, 0.25) is 0 Å². The van der Waals surface area contributed by atoms with Gasteiger partial charge >= 0.3 is 0 Å². The van der Waals surface area contributed by atoms with Gasteiger partial charge < -0.3 is 5.11 Å². The highest BCUT2D eigenvalue weighted by Gasteiger charge is 2.35. The molecule has 0 bridgehead atoms. The Bertz CT molecular complexity index is 1100. The van der Waals surface area contributed by atoms with Gasteiger partial charge in [0.1, 0.15) is 11.5 Å². The third kappa shape index (κ3) is 5.65. The quantitative estimate of drug-likeness (QED) is 0.449. The normalized spacial score (nSPS) is 12.1. The fourth-order valence-corrected chi connectivity index (χ4v) is 3.97. The van der Waals surface area contributed by atoms with Crippen LogP contribution in [0, 0.1) is 5.82 Å². The lowest BCUT2D eigenvalue weighted by molar-refractivity contribution is -0.0207. The van der Waals surface area contributed by atoms with Crippen molar-refractivity contribution < 1.29 is 26.7 Å². The summed E-state index contributed by atoms with van der Waals surface area (Å²) in [7, 11) is -4.10. The van der Waals surface area contributed by atoms with Crippen LogP contribution in [0.5, 0.6) is 0 Å². The van der Waals surface area contributed by atoms with E-state index >= 15 is 0 Å². The number of unbranched alkanes of at least 4 members (excludes halogenated alkanes) is 2. The number of aliphatic hydroxyl groups excluding tert-OH is 1. The van der Waals surface area contributed by atoms with Crippen molar-refractivity contribution in [2.24, 2.45) is 0 Å². The van der Waals surface area contributed by atoms with E-state index in [2.05, 4.69) is 9.93 Å². The maximum atomic E-state index is 14.7. The van der Waals surface area contributed by atoms with Crippen LogP contribution in [0.15, 0.2) is 65.6 Å². The Kier molecular flexibility index (Phi) is 7.01. The number of alkyl halides is 2. The second kappa shape index (κ2) is 9.52. The number of halogens is 3. The number of aliphatic hydroxyl groups is 1. The smallest absolute Gasteiger partial charge is 0.291 e. The minimum atomic E-state index is -4.10. The molecule has 0 spiro atoms. The molecule has 0 atom stereocenters. The van der Waals surface area contributed by atoms with Gasteiger partial charge in [-0.1, -0.05) is 24.6 Å². The first-order valence-electron chi connectivity index (χ1n) is 9.66. The van der Waals surface area contributed by atoms with Gasteiger partial charge in [-0.2, -0.15) is 26.8 Å². The summed E-state index contributed by atoms with van der Waals surface area (Å²) in [6.45, 7) is -0.0732. The molecule has 0 fully saturated rings. The van der Waals surface area contributed by atoms with Crippen molar-refractivity contribution in [3.8, 4) is 11.3 Å². The van der Waals surface area contributed by atoms with E-state index in [-0.39, 0.29) is 23.6 Å². The van der Waals surface area contributed by atoms with Crippen LogP contribution in [-0.2, 0) is 15.9 Å². The van der Waals surface area contributed by atoms with Crippen LogP contribution in [0.1, 0.15) is 31.4 Å². The first-order valence-corrected chi connectivity index (χ1v) is 11.1. The number of hydrogen-bond acceptors (Lipinski definition) is 4. The maximum absolute atomic E-state index is 14.7. The monoisotopic (exact) mass is 453 g/mol. The minimum Gasteiger partial charge on any atom is -0.396 e. The van der Waals surface area contributed by atoms with Gasteiger partial charge in [-0.05, 0) is 55.3 Å². The fourth-order valence-electron chi connectivity index (χ4n) is 2.99. The molecule has 31 heavy (non-hydrogen) atoms. The molecule has 0 radical (unpaired) electrons. The zero-order valence-electron chi connectivity index (χ0n) is 16.5. The molecule has 1 heterocycles. The number of nitrogens with one attached hydrogen (secondary N) is 1. The van der Waals surface area contributed by atoms with E-state index in [9.17, 15) is 21.6 Å². The average molecular weight is 453 g/mol. The number of aromatic nitrogens is 2. The molecule has 0 saturated heterocycles. The van der Waals surface area contributed by atoms with Gasteiger partial charge in [0.05, 0.1) is 10.6 Å². The van der Waals surface area contributed by atoms with Crippen LogP contribution in [0.2, 0.25) is 0 Å². The first-order chi connectivity index (χ1) is 14.7. The van der Waals surface area contributed by atoms with Crippen LogP contribution in [0.4, 0.5) is 13.2 Å². The summed E-state index contributed by atoms with van der Waals surface area (Å²) in [5.41, 5.74) is -0.247. The molecular formula is C21H22F3N3O3S. The van der Waals surface area contributed by atoms with E-state index in [1.807, 2.05) is 0 Å². The first kappa shape index (κ1) is 22.8. The molecule has 6 nitrogen and oxygen atoms in total. The standard InChI is InChI=1S/C21H22F3N3O3S/c22-17-11-9-16(10-12-17)19-15-20(21(23,24)13-5-2-6-14-28)25-27(19)26-31(29,30)18-7-3-1-4-8-18/h1,3-4,7-12,15,26,28H,2,5-6,13-14H2. The summed E-state index contributed by atoms with van der Waals surface area (Å²) in [6, 6.07) is 13.5. The number of hydrogen-bond donors (Lipinski definition) is 2. The van der Waals surface area contributed by atoms with E-state index in [1.165, 1.54) is 36.4 Å². The van der Waals surface area contributed by atoms with Crippen molar-refractivity contribution in [3.63, 3.8) is 0 Å². The van der Waals surface area contributed by atoms with E-state index in [4.69, 9.17) is 5.11 Å². The molecule has 2 N–H and O–H groups in total. The number of benzene rings is 2. The SMILES string of the molecule is O=S(=O)(Nn1nc(C(F)(F)CCCCCO)cc1-c1ccc(F)cc1)c1ccccc1. The Hall–Kier alpha value is -2.85. The van der Waals surface area contributed by atoms with Crippen molar-refractivity contribution in [1.82, 2.24) is 9.89 Å². The van der Waals surface area contributed by atoms with Crippen molar-refractivity contribution in [2.45, 2.75) is 36.5 Å². The molecule has 166 valence electrons. The summed E-state index contributed by atoms with van der Waals surface area (Å²) in [5, 5.41) is 12.6. The molecule has 10 heteroatoms. The van der Waals surface area contributed by atoms with Crippen molar-refractivity contribution in [3.05, 3.63) is 72.2 Å². The molecule has 0 aliphatic rings. The summed E-state index contributed by atoms with van der Waals surface area (Å²) in [4.78, 5) is 2.91. The molecule has 1 aromatic heterocycles. The van der Waals surface area contributed by atoms with Gasteiger partial charge in [-0.3, -0.25) is 0 Å². The number of rotatable bonds is 10. The molecule has 0 aliphatic carbocycles. The molecule has 0 amide bonds. The summed E-state index contributed by atoms with van der Waals surface area (Å²) >= 11 is 0. The van der Waals surface area contributed by atoms with Crippen LogP contribution in [0.3, 0.4) is 0 Å². The molecule has 3 aromatic rings. The highest BCUT2D eigenvalue weighted by molar-refractivity contribution is 7.92. The summed E-state index contributed by atoms with van der Waals surface area (Å²) in [5.74, 6) is -3.83. The lowest BCUT2D eigenvalue weighted by atomic mass is 10.1. The van der Waals surface area contributed by atoms with E-state index < -0.39 is 33.9 Å². The van der Waals surface area contributed by atoms with Crippen LogP contribution in [0.25, 0.3) is 11.3 Å². The summed E-state index contributed by atoms with van der Waals surface area (Å²) in [6.07, 6.45) is 0.515. The second-order valence-electron chi connectivity index (χ2n) is 6.98. The Morgan fingerprint density at radius 2 is 1.68 bits per heavy atom. The molecule has 3 rings (SSSR count). The average Bonchev–Trinajstić information content (AvgIpc) is 3.16. The second-order valence-corrected chi connectivity index (χ2v) is 8.64. The Labute approximate surface area is 178 Å². The highest BCUT2D eigenvalue weighted by atomic mass is 32.2. The van der Waals surface area contributed by atoms with Crippen molar-refractivity contribution in [1.29, 1.82) is 0 Å². The lowest BCUT2D eigenvalue weighted by Crippen LogP contribution is -2.26. The highest BCUT2D eigenvalue weighted by Crippen LogP contribution is 2.35. The largest absolute Gasteiger partial charge is 0.396 e. The topological polar surface area (TPSA) is 84.2 Å². The molecule has 2 aromatic carbocycles. The van der Waals surface area contributed by atoms with Gasteiger partial charge in [0.15, 0.2) is 0 Å².